The van der Waals surface area contributed by atoms with E-state index in [1.54, 1.807) is 11.3 Å². The standard InChI is InChI=1S/C13H13F3N6OS2/c1-3-7-6(2)4-8(25-7)10-19-18-9(23-10)5-24-12-21-20-11(22(12)17)13(14,15)16/h4H,3,5,17H2,1-2H3. The fourth-order valence-electron chi connectivity index (χ4n) is 2.08. The van der Waals surface area contributed by atoms with Gasteiger partial charge >= 0.3 is 6.18 Å². The molecule has 0 spiro atoms. The fraction of sp³-hybridized carbons (Fsp3) is 0.385. The highest BCUT2D eigenvalue weighted by Gasteiger charge is 2.38. The summed E-state index contributed by atoms with van der Waals surface area (Å²) >= 11 is 2.50. The van der Waals surface area contributed by atoms with Crippen LogP contribution in [0.5, 0.6) is 0 Å². The Bertz CT molecular complexity index is 885. The van der Waals surface area contributed by atoms with Crippen LogP contribution in [0.2, 0.25) is 0 Å². The number of rotatable bonds is 5. The Labute approximate surface area is 148 Å². The van der Waals surface area contributed by atoms with Gasteiger partial charge in [0.05, 0.1) is 10.6 Å². The second-order valence-electron chi connectivity index (χ2n) is 5.03. The lowest BCUT2D eigenvalue weighted by atomic mass is 10.2. The molecule has 0 fully saturated rings. The van der Waals surface area contributed by atoms with Crippen LogP contribution in [-0.2, 0) is 18.3 Å². The molecule has 3 heterocycles. The van der Waals surface area contributed by atoms with Gasteiger partial charge in [0.25, 0.3) is 11.7 Å². The number of hydrogen-bond acceptors (Lipinski definition) is 8. The number of thiophene rings is 1. The first-order valence-corrected chi connectivity index (χ1v) is 8.92. The summed E-state index contributed by atoms with van der Waals surface area (Å²) in [5, 5.41) is 14.3. The van der Waals surface area contributed by atoms with Crippen molar-refractivity contribution in [1.82, 2.24) is 25.1 Å². The van der Waals surface area contributed by atoms with Crippen LogP contribution in [0.4, 0.5) is 13.2 Å². The lowest BCUT2D eigenvalue weighted by molar-refractivity contribution is -0.146. The van der Waals surface area contributed by atoms with Crippen LogP contribution in [0.25, 0.3) is 10.8 Å². The van der Waals surface area contributed by atoms with Crippen molar-refractivity contribution in [3.63, 3.8) is 0 Å². The molecule has 0 aliphatic heterocycles. The smallest absolute Gasteiger partial charge is 0.419 e. The first kappa shape index (κ1) is 17.7. The monoisotopic (exact) mass is 390 g/mol. The van der Waals surface area contributed by atoms with Gasteiger partial charge < -0.3 is 10.3 Å². The molecule has 0 saturated heterocycles. The van der Waals surface area contributed by atoms with Crippen molar-refractivity contribution in [2.75, 3.05) is 5.84 Å². The Hall–Kier alpha value is -2.08. The highest BCUT2D eigenvalue weighted by molar-refractivity contribution is 7.98. The molecule has 0 atom stereocenters. The first-order chi connectivity index (χ1) is 11.8. The molecule has 25 heavy (non-hydrogen) atoms. The molecule has 0 unspecified atom stereocenters. The Balaban J connectivity index is 1.71. The van der Waals surface area contributed by atoms with E-state index in [2.05, 4.69) is 27.3 Å². The van der Waals surface area contributed by atoms with E-state index in [0.717, 1.165) is 28.6 Å². The quantitative estimate of drug-likeness (QED) is 0.527. The van der Waals surface area contributed by atoms with Gasteiger partial charge in [0.15, 0.2) is 0 Å². The van der Waals surface area contributed by atoms with Crippen molar-refractivity contribution in [3.8, 4) is 10.8 Å². The van der Waals surface area contributed by atoms with E-state index in [-0.39, 0.29) is 16.8 Å². The van der Waals surface area contributed by atoms with Crippen LogP contribution in [-0.4, -0.2) is 25.1 Å². The molecule has 0 bridgehead atoms. The van der Waals surface area contributed by atoms with Crippen molar-refractivity contribution in [3.05, 3.63) is 28.2 Å². The summed E-state index contributed by atoms with van der Waals surface area (Å²) in [5.41, 5.74) is 1.16. The van der Waals surface area contributed by atoms with Crippen LogP contribution < -0.4 is 5.84 Å². The molecule has 134 valence electrons. The SMILES string of the molecule is CCc1sc(-c2nnc(CSc3nnc(C(F)(F)F)n3N)o2)cc1C. The molecule has 3 aromatic rings. The highest BCUT2D eigenvalue weighted by atomic mass is 32.2. The zero-order valence-electron chi connectivity index (χ0n) is 13.2. The van der Waals surface area contributed by atoms with Crippen LogP contribution >= 0.6 is 23.1 Å². The highest BCUT2D eigenvalue weighted by Crippen LogP contribution is 2.32. The predicted octanol–water partition coefficient (Wildman–Crippen LogP) is 3.29. The molecule has 0 aromatic carbocycles. The summed E-state index contributed by atoms with van der Waals surface area (Å²) in [6.45, 7) is 4.08. The van der Waals surface area contributed by atoms with Gasteiger partial charge in [0.1, 0.15) is 0 Å². The summed E-state index contributed by atoms with van der Waals surface area (Å²) in [7, 11) is 0. The molecule has 2 N–H and O–H groups in total. The van der Waals surface area contributed by atoms with Gasteiger partial charge in [-0.3, -0.25) is 0 Å². The lowest BCUT2D eigenvalue weighted by Crippen LogP contribution is -2.21. The van der Waals surface area contributed by atoms with Crippen LogP contribution in [0, 0.1) is 6.92 Å². The minimum absolute atomic E-state index is 0.0905. The molecule has 0 radical (unpaired) electrons. The lowest BCUT2D eigenvalue weighted by Gasteiger charge is -2.05. The van der Waals surface area contributed by atoms with Crippen molar-refractivity contribution in [2.45, 2.75) is 37.4 Å². The van der Waals surface area contributed by atoms with Gasteiger partial charge in [-0.25, -0.2) is 4.68 Å². The van der Waals surface area contributed by atoms with Gasteiger partial charge in [-0.15, -0.1) is 31.7 Å². The van der Waals surface area contributed by atoms with Crippen molar-refractivity contribution >= 4 is 23.1 Å². The van der Waals surface area contributed by atoms with Crippen molar-refractivity contribution in [1.29, 1.82) is 0 Å². The summed E-state index contributed by atoms with van der Waals surface area (Å²) in [4.78, 5) is 2.10. The number of thioether (sulfide) groups is 1. The summed E-state index contributed by atoms with van der Waals surface area (Å²) in [6, 6.07) is 1.97. The molecule has 0 aliphatic carbocycles. The minimum atomic E-state index is -4.66. The van der Waals surface area contributed by atoms with Crippen molar-refractivity contribution < 1.29 is 17.6 Å². The molecule has 3 aromatic heterocycles. The number of nitrogens with zero attached hydrogens (tertiary/aromatic N) is 5. The fourth-order valence-corrected chi connectivity index (χ4v) is 3.81. The maximum Gasteiger partial charge on any atom is 0.453 e. The molecular formula is C13H13F3N6OS2. The molecular weight excluding hydrogens is 377 g/mol. The zero-order chi connectivity index (χ0) is 18.2. The van der Waals surface area contributed by atoms with Gasteiger partial charge in [0, 0.05) is 4.88 Å². The second kappa shape index (κ2) is 6.67. The number of nitrogen functional groups attached to an aromatic ring is 1. The maximum absolute atomic E-state index is 12.6. The number of halogens is 3. The Morgan fingerprint density at radius 3 is 2.64 bits per heavy atom. The first-order valence-electron chi connectivity index (χ1n) is 7.12. The number of aryl methyl sites for hydroxylation is 2. The molecule has 0 saturated carbocycles. The van der Waals surface area contributed by atoms with Gasteiger partial charge in [0.2, 0.25) is 11.0 Å². The molecule has 7 nitrogen and oxygen atoms in total. The molecule has 0 aliphatic rings. The van der Waals surface area contributed by atoms with E-state index in [1.807, 2.05) is 13.0 Å². The minimum Gasteiger partial charge on any atom is -0.419 e. The van der Waals surface area contributed by atoms with Gasteiger partial charge in [-0.2, -0.15) is 13.2 Å². The number of nitrogens with two attached hydrogens (primary N) is 1. The van der Waals surface area contributed by atoms with E-state index in [9.17, 15) is 13.2 Å². The largest absolute Gasteiger partial charge is 0.453 e. The normalized spacial score (nSPS) is 12.0. The third-order valence-corrected chi connectivity index (χ3v) is 5.56. The Morgan fingerprint density at radius 1 is 1.28 bits per heavy atom. The number of aromatic nitrogens is 5. The predicted molar refractivity (Wildman–Crippen MR) is 86.5 cm³/mol. The number of alkyl halides is 3. The molecule has 3 rings (SSSR count). The van der Waals surface area contributed by atoms with Gasteiger partial charge in [-0.1, -0.05) is 18.7 Å². The topological polar surface area (TPSA) is 95.7 Å². The van der Waals surface area contributed by atoms with Crippen LogP contribution in [0.3, 0.4) is 0 Å². The Morgan fingerprint density at radius 2 is 2.04 bits per heavy atom. The van der Waals surface area contributed by atoms with Gasteiger partial charge in [-0.05, 0) is 25.0 Å². The van der Waals surface area contributed by atoms with Crippen LogP contribution in [0.15, 0.2) is 15.6 Å². The van der Waals surface area contributed by atoms with Crippen molar-refractivity contribution in [2.24, 2.45) is 0 Å². The molecule has 0 amide bonds. The second-order valence-corrected chi connectivity index (χ2v) is 7.11. The zero-order valence-corrected chi connectivity index (χ0v) is 14.8. The molecule has 12 heteroatoms. The maximum atomic E-state index is 12.6. The average Bonchev–Trinajstić information content (AvgIpc) is 3.23. The summed E-state index contributed by atoms with van der Waals surface area (Å²) < 4.78 is 43.8. The van der Waals surface area contributed by atoms with E-state index in [1.165, 1.54) is 4.88 Å². The third-order valence-electron chi connectivity index (χ3n) is 3.26. The Kier molecular flexibility index (Phi) is 4.73. The summed E-state index contributed by atoms with van der Waals surface area (Å²) in [5.74, 6) is 4.89. The van der Waals surface area contributed by atoms with E-state index >= 15 is 0 Å². The third kappa shape index (κ3) is 3.63. The van der Waals surface area contributed by atoms with E-state index in [4.69, 9.17) is 10.3 Å². The summed E-state index contributed by atoms with van der Waals surface area (Å²) in [6.07, 6.45) is -3.74. The van der Waals surface area contributed by atoms with E-state index < -0.39 is 12.0 Å². The van der Waals surface area contributed by atoms with Crippen LogP contribution in [0.1, 0.15) is 29.1 Å². The van der Waals surface area contributed by atoms with E-state index in [0.29, 0.717) is 10.6 Å². The number of hydrogen-bond donors (Lipinski definition) is 1. The average molecular weight is 390 g/mol.